The molecule has 3 aromatic rings. The van der Waals surface area contributed by atoms with Crippen LogP contribution < -0.4 is 5.32 Å². The molecule has 86 valence electrons. The van der Waals surface area contributed by atoms with Crippen LogP contribution in [0.5, 0.6) is 0 Å². The minimum atomic E-state index is 0.765. The highest BCUT2D eigenvalue weighted by atomic mass is 15.1. The van der Waals surface area contributed by atoms with Crippen molar-refractivity contribution in [3.05, 3.63) is 30.2 Å². The van der Waals surface area contributed by atoms with Crippen molar-refractivity contribution in [1.29, 1.82) is 0 Å². The second-order valence-electron chi connectivity index (χ2n) is 3.95. The Labute approximate surface area is 98.3 Å². The summed E-state index contributed by atoms with van der Waals surface area (Å²) in [5.74, 6) is 1.69. The average Bonchev–Trinajstić information content (AvgIpc) is 2.92. The van der Waals surface area contributed by atoms with Crippen LogP contribution in [0, 0.1) is 6.92 Å². The quantitative estimate of drug-likeness (QED) is 0.629. The van der Waals surface area contributed by atoms with Crippen LogP contribution in [-0.2, 0) is 0 Å². The van der Waals surface area contributed by atoms with Gasteiger partial charge in [-0.05, 0) is 19.1 Å². The van der Waals surface area contributed by atoms with Crippen LogP contribution in [0.25, 0.3) is 22.3 Å². The maximum absolute atomic E-state index is 4.38. The molecule has 2 heterocycles. The number of hydrogen-bond acceptors (Lipinski definition) is 3. The van der Waals surface area contributed by atoms with Gasteiger partial charge in [-0.1, -0.05) is 6.07 Å². The number of aromatic nitrogens is 4. The lowest BCUT2D eigenvalue weighted by atomic mass is 10.1. The number of H-pyrrole nitrogens is 2. The van der Waals surface area contributed by atoms with Crippen LogP contribution in [0.15, 0.2) is 24.4 Å². The van der Waals surface area contributed by atoms with Crippen molar-refractivity contribution in [2.45, 2.75) is 6.92 Å². The van der Waals surface area contributed by atoms with Gasteiger partial charge in [-0.2, -0.15) is 0 Å². The van der Waals surface area contributed by atoms with Gasteiger partial charge in [0.1, 0.15) is 5.82 Å². The number of nitrogens with one attached hydrogen (secondary N) is 3. The lowest BCUT2D eigenvalue weighted by Gasteiger charge is -1.97. The molecule has 0 aliphatic carbocycles. The van der Waals surface area contributed by atoms with E-state index in [4.69, 9.17) is 0 Å². The van der Waals surface area contributed by atoms with Gasteiger partial charge in [0.15, 0.2) is 5.95 Å². The Balaban J connectivity index is 2.10. The third kappa shape index (κ3) is 1.65. The van der Waals surface area contributed by atoms with E-state index in [1.165, 1.54) is 0 Å². The zero-order valence-electron chi connectivity index (χ0n) is 9.70. The Morgan fingerprint density at radius 3 is 2.88 bits per heavy atom. The molecule has 0 amide bonds. The number of nitrogens with zero attached hydrogens (tertiary/aromatic N) is 2. The minimum Gasteiger partial charge on any atom is -0.359 e. The second kappa shape index (κ2) is 3.62. The summed E-state index contributed by atoms with van der Waals surface area (Å²) in [6, 6.07) is 6.12. The van der Waals surface area contributed by atoms with Crippen molar-refractivity contribution in [1.82, 2.24) is 19.9 Å². The second-order valence-corrected chi connectivity index (χ2v) is 3.95. The number of benzene rings is 1. The molecule has 0 fully saturated rings. The summed E-state index contributed by atoms with van der Waals surface area (Å²) in [7, 11) is 1.84. The monoisotopic (exact) mass is 227 g/mol. The number of anilines is 1. The van der Waals surface area contributed by atoms with Gasteiger partial charge in [-0.15, -0.1) is 0 Å². The van der Waals surface area contributed by atoms with Gasteiger partial charge in [0.2, 0.25) is 0 Å². The predicted octanol–water partition coefficient (Wildman–Crippen LogP) is 2.30. The molecule has 5 nitrogen and oxygen atoms in total. The molecule has 0 bridgehead atoms. The standard InChI is InChI=1S/C12H13N5/c1-7-15-9-4-3-8(5-10(9)16-7)11-6-14-12(13-2)17-11/h3-6H,1-2H3,(H,15,16)(H2,13,14,17). The van der Waals surface area contributed by atoms with E-state index in [9.17, 15) is 0 Å². The molecule has 0 atom stereocenters. The number of hydrogen-bond donors (Lipinski definition) is 3. The summed E-state index contributed by atoms with van der Waals surface area (Å²) >= 11 is 0. The summed E-state index contributed by atoms with van der Waals surface area (Å²) in [4.78, 5) is 15.0. The third-order valence-corrected chi connectivity index (χ3v) is 2.72. The molecule has 1 aromatic carbocycles. The van der Waals surface area contributed by atoms with Crippen LogP contribution in [0.4, 0.5) is 5.95 Å². The molecule has 17 heavy (non-hydrogen) atoms. The lowest BCUT2D eigenvalue weighted by molar-refractivity contribution is 1.17. The molecule has 0 unspecified atom stereocenters. The van der Waals surface area contributed by atoms with Crippen LogP contribution in [-0.4, -0.2) is 27.0 Å². The van der Waals surface area contributed by atoms with Crippen LogP contribution in [0.3, 0.4) is 0 Å². The van der Waals surface area contributed by atoms with E-state index in [1.807, 2.05) is 32.3 Å². The summed E-state index contributed by atoms with van der Waals surface area (Å²) in [6.45, 7) is 1.95. The molecule has 0 aliphatic heterocycles. The molecule has 0 spiro atoms. The fourth-order valence-corrected chi connectivity index (χ4v) is 1.90. The highest BCUT2D eigenvalue weighted by Gasteiger charge is 2.05. The highest BCUT2D eigenvalue weighted by Crippen LogP contribution is 2.22. The van der Waals surface area contributed by atoms with E-state index in [1.54, 1.807) is 0 Å². The van der Waals surface area contributed by atoms with Gasteiger partial charge in [-0.3, -0.25) is 0 Å². The third-order valence-electron chi connectivity index (χ3n) is 2.72. The first kappa shape index (κ1) is 9.89. The van der Waals surface area contributed by atoms with Crippen LogP contribution in [0.1, 0.15) is 5.82 Å². The molecule has 5 heteroatoms. The van der Waals surface area contributed by atoms with Crippen molar-refractivity contribution >= 4 is 17.0 Å². The van der Waals surface area contributed by atoms with E-state index in [2.05, 4.69) is 31.3 Å². The number of fused-ring (bicyclic) bond motifs is 1. The van der Waals surface area contributed by atoms with Gasteiger partial charge in [-0.25, -0.2) is 9.97 Å². The smallest absolute Gasteiger partial charge is 0.200 e. The summed E-state index contributed by atoms with van der Waals surface area (Å²) in [6.07, 6.45) is 1.82. The zero-order chi connectivity index (χ0) is 11.8. The molecule has 3 N–H and O–H groups in total. The molecule has 2 aromatic heterocycles. The first-order chi connectivity index (χ1) is 8.26. The minimum absolute atomic E-state index is 0.765. The van der Waals surface area contributed by atoms with E-state index >= 15 is 0 Å². The van der Waals surface area contributed by atoms with E-state index in [0.717, 1.165) is 34.1 Å². The molecule has 0 radical (unpaired) electrons. The Morgan fingerprint density at radius 2 is 2.12 bits per heavy atom. The largest absolute Gasteiger partial charge is 0.359 e. The topological polar surface area (TPSA) is 69.4 Å². The van der Waals surface area contributed by atoms with Gasteiger partial charge in [0.25, 0.3) is 0 Å². The van der Waals surface area contributed by atoms with Gasteiger partial charge in [0, 0.05) is 12.6 Å². The van der Waals surface area contributed by atoms with Crippen molar-refractivity contribution in [3.63, 3.8) is 0 Å². The average molecular weight is 227 g/mol. The molecule has 0 saturated heterocycles. The van der Waals surface area contributed by atoms with Gasteiger partial charge >= 0.3 is 0 Å². The number of aromatic amines is 2. The van der Waals surface area contributed by atoms with Crippen LogP contribution >= 0.6 is 0 Å². The molecule has 0 aliphatic rings. The molecule has 3 rings (SSSR count). The number of rotatable bonds is 2. The van der Waals surface area contributed by atoms with Gasteiger partial charge < -0.3 is 15.3 Å². The summed E-state index contributed by atoms with van der Waals surface area (Å²) in [5, 5.41) is 2.97. The Bertz CT molecular complexity index is 664. The highest BCUT2D eigenvalue weighted by molar-refractivity contribution is 5.81. The maximum atomic E-state index is 4.38. The number of aryl methyl sites for hydroxylation is 1. The Kier molecular flexibility index (Phi) is 2.11. The fourth-order valence-electron chi connectivity index (χ4n) is 1.90. The summed E-state index contributed by atoms with van der Waals surface area (Å²) in [5.41, 5.74) is 4.11. The number of imidazole rings is 2. The van der Waals surface area contributed by atoms with E-state index < -0.39 is 0 Å². The van der Waals surface area contributed by atoms with E-state index in [-0.39, 0.29) is 0 Å². The fraction of sp³-hybridized carbons (Fsp3) is 0.167. The first-order valence-electron chi connectivity index (χ1n) is 5.46. The predicted molar refractivity (Wildman–Crippen MR) is 68.0 cm³/mol. The maximum Gasteiger partial charge on any atom is 0.200 e. The first-order valence-corrected chi connectivity index (χ1v) is 5.46. The van der Waals surface area contributed by atoms with E-state index in [0.29, 0.717) is 0 Å². The van der Waals surface area contributed by atoms with Crippen molar-refractivity contribution in [3.8, 4) is 11.3 Å². The SMILES string of the molecule is CNc1ncc(-c2ccc3nc(C)[nH]c3c2)[nH]1. The Morgan fingerprint density at radius 1 is 1.24 bits per heavy atom. The van der Waals surface area contributed by atoms with Crippen molar-refractivity contribution in [2.24, 2.45) is 0 Å². The summed E-state index contributed by atoms with van der Waals surface area (Å²) < 4.78 is 0. The Hall–Kier alpha value is -2.30. The molecule has 0 saturated carbocycles. The normalized spacial score (nSPS) is 10.9. The lowest BCUT2D eigenvalue weighted by Crippen LogP contribution is -1.89. The molecular weight excluding hydrogens is 214 g/mol. The zero-order valence-corrected chi connectivity index (χ0v) is 9.70. The van der Waals surface area contributed by atoms with Gasteiger partial charge in [0.05, 0.1) is 22.9 Å². The molecular formula is C12H13N5. The van der Waals surface area contributed by atoms with Crippen molar-refractivity contribution < 1.29 is 0 Å². The van der Waals surface area contributed by atoms with Crippen molar-refractivity contribution in [2.75, 3.05) is 12.4 Å². The van der Waals surface area contributed by atoms with Crippen LogP contribution in [0.2, 0.25) is 0 Å².